The average Bonchev–Trinajstić information content (AvgIpc) is 3.15. The van der Waals surface area contributed by atoms with Gasteiger partial charge >= 0.3 is 12.1 Å². The molecule has 0 saturated carbocycles. The molecule has 2 rings (SSSR count). The van der Waals surface area contributed by atoms with Gasteiger partial charge in [0.1, 0.15) is 5.75 Å². The van der Waals surface area contributed by atoms with E-state index in [1.807, 2.05) is 0 Å². The molecule has 10 heteroatoms. The van der Waals surface area contributed by atoms with Crippen molar-refractivity contribution in [3.8, 4) is 5.75 Å². The van der Waals surface area contributed by atoms with Crippen molar-refractivity contribution in [2.75, 3.05) is 19.6 Å². The Balaban J connectivity index is 0.000000553. The van der Waals surface area contributed by atoms with Crippen molar-refractivity contribution in [3.05, 3.63) is 29.3 Å². The molecular formula is C20H27F3N2O5. The van der Waals surface area contributed by atoms with Crippen LogP contribution in [0.4, 0.5) is 13.2 Å². The van der Waals surface area contributed by atoms with Crippen molar-refractivity contribution in [2.45, 2.75) is 45.3 Å². The average molecular weight is 432 g/mol. The first kappa shape index (κ1) is 25.4. The zero-order valence-corrected chi connectivity index (χ0v) is 16.9. The van der Waals surface area contributed by atoms with Gasteiger partial charge in [-0.2, -0.15) is 13.2 Å². The molecule has 0 radical (unpaired) electrons. The monoisotopic (exact) mass is 432 g/mol. The summed E-state index contributed by atoms with van der Waals surface area (Å²) in [6.45, 7) is 7.34. The van der Waals surface area contributed by atoms with E-state index >= 15 is 0 Å². The maximum absolute atomic E-state index is 12.3. The predicted octanol–water partition coefficient (Wildman–Crippen LogP) is 2.62. The van der Waals surface area contributed by atoms with Gasteiger partial charge in [0.05, 0.1) is 12.0 Å². The van der Waals surface area contributed by atoms with Crippen LogP contribution >= 0.6 is 0 Å². The van der Waals surface area contributed by atoms with E-state index in [1.165, 1.54) is 18.9 Å². The van der Waals surface area contributed by atoms with Gasteiger partial charge in [-0.3, -0.25) is 9.59 Å². The fourth-order valence-corrected chi connectivity index (χ4v) is 2.92. The second-order valence-corrected chi connectivity index (χ2v) is 7.42. The van der Waals surface area contributed by atoms with E-state index in [2.05, 4.69) is 24.1 Å². The molecule has 1 unspecified atom stereocenters. The summed E-state index contributed by atoms with van der Waals surface area (Å²) in [6.07, 6.45) is -1.80. The summed E-state index contributed by atoms with van der Waals surface area (Å²) in [6, 6.07) is 4.82. The Morgan fingerprint density at radius 2 is 1.80 bits per heavy atom. The number of hydrogen-bond acceptors (Lipinski definition) is 5. The lowest BCUT2D eigenvalue weighted by Crippen LogP contribution is -2.46. The van der Waals surface area contributed by atoms with E-state index in [0.29, 0.717) is 12.2 Å². The van der Waals surface area contributed by atoms with Crippen molar-refractivity contribution in [1.82, 2.24) is 10.2 Å². The van der Waals surface area contributed by atoms with E-state index in [-0.39, 0.29) is 29.7 Å². The van der Waals surface area contributed by atoms with E-state index in [9.17, 15) is 27.9 Å². The maximum Gasteiger partial charge on any atom is 0.490 e. The number of carbonyl (C=O) groups excluding carboxylic acids is 2. The lowest BCUT2D eigenvalue weighted by molar-refractivity contribution is -0.192. The van der Waals surface area contributed by atoms with Gasteiger partial charge in [-0.05, 0) is 49.5 Å². The molecule has 3 N–H and O–H groups in total. The molecule has 168 valence electrons. The number of alkyl halides is 3. The standard InChI is InChI=1S/C18H26N2O3.C2HF3O2/c1-13(2)16(11-20-7-3-4-8-20)19-18(23)10-14-5-6-17(22)15(9-14)12-21;3-2(4,5)1(6)7/h5-6,9,12-13,16,22H,3-4,7-8,10-11H2,1-2H3,(H,19,23);(H,6,7). The maximum atomic E-state index is 12.3. The van der Waals surface area contributed by atoms with Crippen LogP contribution in [0.2, 0.25) is 0 Å². The van der Waals surface area contributed by atoms with Crippen LogP contribution in [0.15, 0.2) is 18.2 Å². The lowest BCUT2D eigenvalue weighted by atomic mass is 10.0. The van der Waals surface area contributed by atoms with Gasteiger partial charge in [0.2, 0.25) is 5.91 Å². The summed E-state index contributed by atoms with van der Waals surface area (Å²) in [7, 11) is 0. The van der Waals surface area contributed by atoms with Crippen LogP contribution in [0.25, 0.3) is 0 Å². The van der Waals surface area contributed by atoms with E-state index in [4.69, 9.17) is 9.90 Å². The molecule has 0 aliphatic carbocycles. The zero-order chi connectivity index (χ0) is 22.9. The Morgan fingerprint density at radius 3 is 2.27 bits per heavy atom. The minimum Gasteiger partial charge on any atom is -0.507 e. The first-order valence-electron chi connectivity index (χ1n) is 9.53. The van der Waals surface area contributed by atoms with Crippen molar-refractivity contribution >= 4 is 18.2 Å². The van der Waals surface area contributed by atoms with Gasteiger partial charge in [-0.25, -0.2) is 4.79 Å². The van der Waals surface area contributed by atoms with Crippen LogP contribution in [-0.4, -0.2) is 65.1 Å². The predicted molar refractivity (Wildman–Crippen MR) is 103 cm³/mol. The van der Waals surface area contributed by atoms with Crippen molar-refractivity contribution in [1.29, 1.82) is 0 Å². The Bertz CT molecular complexity index is 732. The number of carboxylic acids is 1. The number of phenolic OH excluding ortho intramolecular Hbond substituents is 1. The van der Waals surface area contributed by atoms with Gasteiger partial charge in [0, 0.05) is 12.6 Å². The molecule has 0 bridgehead atoms. The number of halogens is 3. The summed E-state index contributed by atoms with van der Waals surface area (Å²) in [5.41, 5.74) is 0.943. The second-order valence-electron chi connectivity index (χ2n) is 7.42. The van der Waals surface area contributed by atoms with Gasteiger partial charge in [-0.1, -0.05) is 19.9 Å². The highest BCUT2D eigenvalue weighted by Crippen LogP contribution is 2.17. The molecule has 1 amide bonds. The number of nitrogens with zero attached hydrogens (tertiary/aromatic N) is 1. The summed E-state index contributed by atoms with van der Waals surface area (Å²) in [5.74, 6) is -2.50. The number of carboxylic acid groups (broad SMARTS) is 1. The summed E-state index contributed by atoms with van der Waals surface area (Å²) in [4.78, 5) is 34.5. The van der Waals surface area contributed by atoms with Gasteiger partial charge in [0.15, 0.2) is 6.29 Å². The molecule has 1 heterocycles. The number of phenols is 1. The molecule has 1 aliphatic heterocycles. The molecule has 7 nitrogen and oxygen atoms in total. The zero-order valence-electron chi connectivity index (χ0n) is 16.9. The molecule has 0 aromatic heterocycles. The first-order valence-corrected chi connectivity index (χ1v) is 9.53. The molecule has 1 fully saturated rings. The van der Waals surface area contributed by atoms with Crippen LogP contribution in [-0.2, 0) is 16.0 Å². The van der Waals surface area contributed by atoms with Crippen LogP contribution in [0.3, 0.4) is 0 Å². The molecule has 1 aromatic carbocycles. The van der Waals surface area contributed by atoms with Crippen molar-refractivity contribution in [2.24, 2.45) is 5.92 Å². The minimum atomic E-state index is -5.08. The minimum absolute atomic E-state index is 0.0505. The quantitative estimate of drug-likeness (QED) is 0.572. The largest absolute Gasteiger partial charge is 0.507 e. The van der Waals surface area contributed by atoms with Crippen molar-refractivity contribution < 1.29 is 37.8 Å². The Kier molecular flexibility index (Phi) is 9.77. The molecule has 1 aliphatic rings. The highest BCUT2D eigenvalue weighted by molar-refractivity contribution is 5.82. The number of amides is 1. The number of benzene rings is 1. The number of likely N-dealkylation sites (tertiary alicyclic amines) is 1. The SMILES string of the molecule is CC(C)C(CN1CCCC1)NC(=O)Cc1ccc(O)c(C=O)c1.O=C(O)C(F)(F)F. The fraction of sp³-hybridized carbons (Fsp3) is 0.550. The lowest BCUT2D eigenvalue weighted by Gasteiger charge is -2.27. The highest BCUT2D eigenvalue weighted by atomic mass is 19.4. The third-order valence-corrected chi connectivity index (χ3v) is 4.63. The molecule has 1 aromatic rings. The number of carbonyl (C=O) groups is 3. The van der Waals surface area contributed by atoms with E-state index in [1.54, 1.807) is 12.1 Å². The molecule has 1 saturated heterocycles. The van der Waals surface area contributed by atoms with Crippen molar-refractivity contribution in [3.63, 3.8) is 0 Å². The van der Waals surface area contributed by atoms with Crippen LogP contribution in [0, 0.1) is 5.92 Å². The number of nitrogens with one attached hydrogen (secondary N) is 1. The number of hydrogen-bond donors (Lipinski definition) is 3. The first-order chi connectivity index (χ1) is 13.9. The smallest absolute Gasteiger partial charge is 0.490 e. The normalized spacial score (nSPS) is 15.3. The van der Waals surface area contributed by atoms with Crippen LogP contribution in [0.1, 0.15) is 42.6 Å². The molecular weight excluding hydrogens is 405 g/mol. The van der Waals surface area contributed by atoms with Crippen LogP contribution in [0.5, 0.6) is 5.75 Å². The van der Waals surface area contributed by atoms with Gasteiger partial charge in [-0.15, -0.1) is 0 Å². The van der Waals surface area contributed by atoms with Gasteiger partial charge in [0.25, 0.3) is 0 Å². The Morgan fingerprint density at radius 1 is 1.23 bits per heavy atom. The molecule has 1 atom stereocenters. The summed E-state index contributed by atoms with van der Waals surface area (Å²) in [5, 5.41) is 19.7. The fourth-order valence-electron chi connectivity index (χ4n) is 2.92. The summed E-state index contributed by atoms with van der Waals surface area (Å²) < 4.78 is 31.7. The summed E-state index contributed by atoms with van der Waals surface area (Å²) >= 11 is 0. The Labute approximate surface area is 172 Å². The molecule has 30 heavy (non-hydrogen) atoms. The highest BCUT2D eigenvalue weighted by Gasteiger charge is 2.38. The Hall–Kier alpha value is -2.62. The third-order valence-electron chi connectivity index (χ3n) is 4.63. The third kappa shape index (κ3) is 8.81. The number of rotatable bonds is 7. The topological polar surface area (TPSA) is 107 Å². The second kappa shape index (κ2) is 11.5. The number of aliphatic carboxylic acids is 1. The van der Waals surface area contributed by atoms with Crippen LogP contribution < -0.4 is 5.32 Å². The van der Waals surface area contributed by atoms with E-state index < -0.39 is 12.1 Å². The molecule has 0 spiro atoms. The number of aldehydes is 1. The van der Waals surface area contributed by atoms with E-state index in [0.717, 1.165) is 25.2 Å². The number of aromatic hydroxyl groups is 1. The van der Waals surface area contributed by atoms with Gasteiger partial charge < -0.3 is 20.4 Å².